The first-order valence-corrected chi connectivity index (χ1v) is 11.9. The fraction of sp³-hybridized carbons (Fsp3) is 0.156. The van der Waals surface area contributed by atoms with Crippen LogP contribution >= 0.6 is 0 Å². The summed E-state index contributed by atoms with van der Waals surface area (Å²) >= 11 is 0. The number of benzene rings is 3. The molecule has 0 spiro atoms. The standard InChI is InChI=1S/C32H24O/c33-28-19-22-11-3-6-14-25(22)31-29-23-12-4-1-9-20(23)17-18-21-10-2-5-13-24(21)30(29)32(31)27-16-8-7-15-26(27)28/h1-12,14-16,24H,13,17-19H2. The molecule has 1 atom stereocenters. The van der Waals surface area contributed by atoms with Crippen LogP contribution in [-0.4, -0.2) is 5.78 Å². The second kappa shape index (κ2) is 7.15. The Morgan fingerprint density at radius 1 is 0.636 bits per heavy atom. The first-order valence-electron chi connectivity index (χ1n) is 11.9. The lowest BCUT2D eigenvalue weighted by Gasteiger charge is -2.42. The Bertz CT molecular complexity index is 1470. The summed E-state index contributed by atoms with van der Waals surface area (Å²) in [5.74, 6) is 0.594. The highest BCUT2D eigenvalue weighted by molar-refractivity contribution is 6.32. The predicted octanol–water partition coefficient (Wildman–Crippen LogP) is 7.25. The van der Waals surface area contributed by atoms with Gasteiger partial charge in [0, 0.05) is 17.9 Å². The zero-order chi connectivity index (χ0) is 21.9. The summed E-state index contributed by atoms with van der Waals surface area (Å²) in [6.07, 6.45) is 10.5. The summed E-state index contributed by atoms with van der Waals surface area (Å²) in [4.78, 5) is 13.4. The van der Waals surface area contributed by atoms with Gasteiger partial charge in [0.25, 0.3) is 0 Å². The van der Waals surface area contributed by atoms with E-state index in [1.54, 1.807) is 0 Å². The number of fused-ring (bicyclic) bond motifs is 10. The van der Waals surface area contributed by atoms with Gasteiger partial charge in [0.2, 0.25) is 0 Å². The molecular weight excluding hydrogens is 400 g/mol. The lowest BCUT2D eigenvalue weighted by atomic mass is 9.61. The average Bonchev–Trinajstić information content (AvgIpc) is 2.83. The van der Waals surface area contributed by atoms with E-state index in [-0.39, 0.29) is 5.78 Å². The summed E-state index contributed by atoms with van der Waals surface area (Å²) in [6.45, 7) is 0. The predicted molar refractivity (Wildman–Crippen MR) is 135 cm³/mol. The first-order chi connectivity index (χ1) is 16.3. The van der Waals surface area contributed by atoms with Crippen molar-refractivity contribution in [2.24, 2.45) is 5.92 Å². The molecule has 0 aromatic heterocycles. The molecule has 0 saturated carbocycles. The maximum Gasteiger partial charge on any atom is 0.167 e. The third-order valence-electron chi connectivity index (χ3n) is 7.76. The van der Waals surface area contributed by atoms with Gasteiger partial charge in [-0.3, -0.25) is 4.79 Å². The molecule has 3 aromatic carbocycles. The zero-order valence-electron chi connectivity index (χ0n) is 18.5. The summed E-state index contributed by atoms with van der Waals surface area (Å²) in [5, 5.41) is 0. The molecule has 1 heteroatoms. The van der Waals surface area contributed by atoms with Crippen molar-refractivity contribution in [1.82, 2.24) is 0 Å². The molecule has 0 radical (unpaired) electrons. The number of ketones is 1. The van der Waals surface area contributed by atoms with Crippen LogP contribution in [0.5, 0.6) is 0 Å². The Morgan fingerprint density at radius 3 is 2.12 bits per heavy atom. The largest absolute Gasteiger partial charge is 0.294 e. The van der Waals surface area contributed by atoms with Crippen LogP contribution in [0.3, 0.4) is 0 Å². The number of carbonyl (C=O) groups is 1. The molecule has 0 saturated heterocycles. The zero-order valence-corrected chi connectivity index (χ0v) is 18.5. The van der Waals surface area contributed by atoms with Crippen LogP contribution in [0.1, 0.15) is 51.0 Å². The summed E-state index contributed by atoms with van der Waals surface area (Å²) < 4.78 is 0. The Kier molecular flexibility index (Phi) is 4.08. The van der Waals surface area contributed by atoms with Crippen molar-refractivity contribution in [3.63, 3.8) is 0 Å². The van der Waals surface area contributed by atoms with Crippen molar-refractivity contribution < 1.29 is 4.79 Å². The van der Waals surface area contributed by atoms with Crippen molar-refractivity contribution in [1.29, 1.82) is 0 Å². The molecule has 0 bridgehead atoms. The highest BCUT2D eigenvalue weighted by atomic mass is 16.1. The van der Waals surface area contributed by atoms with Crippen molar-refractivity contribution in [3.05, 3.63) is 136 Å². The monoisotopic (exact) mass is 424 g/mol. The molecule has 3 aromatic rings. The number of rotatable bonds is 0. The quantitative estimate of drug-likeness (QED) is 0.371. The number of aryl methyl sites for hydroxylation is 1. The van der Waals surface area contributed by atoms with Crippen LogP contribution in [0.25, 0.3) is 16.7 Å². The molecule has 7 rings (SSSR count). The van der Waals surface area contributed by atoms with E-state index in [4.69, 9.17) is 0 Å². The summed E-state index contributed by atoms with van der Waals surface area (Å²) in [7, 11) is 0. The molecule has 33 heavy (non-hydrogen) atoms. The molecule has 1 nitrogen and oxygen atoms in total. The van der Waals surface area contributed by atoms with E-state index in [1.807, 2.05) is 12.1 Å². The minimum atomic E-state index is 0.212. The Morgan fingerprint density at radius 2 is 1.30 bits per heavy atom. The number of hydrogen-bond donors (Lipinski definition) is 0. The normalized spacial score (nSPS) is 20.4. The van der Waals surface area contributed by atoms with Gasteiger partial charge in [-0.05, 0) is 69.4 Å². The smallest absolute Gasteiger partial charge is 0.167 e. The third-order valence-corrected chi connectivity index (χ3v) is 7.76. The molecule has 4 aliphatic rings. The van der Waals surface area contributed by atoms with Gasteiger partial charge < -0.3 is 0 Å². The second-order valence-corrected chi connectivity index (χ2v) is 9.46. The molecular formula is C32H24O. The van der Waals surface area contributed by atoms with Crippen molar-refractivity contribution >= 4 is 22.5 Å². The number of Topliss-reactive ketones (excluding diaryl/α,β-unsaturated/α-hetero) is 1. The Hall–Kier alpha value is -3.71. The molecule has 1 unspecified atom stereocenters. The lowest BCUT2D eigenvalue weighted by Crippen LogP contribution is -2.25. The Labute approximate surface area is 194 Å². The van der Waals surface area contributed by atoms with Crippen molar-refractivity contribution in [2.45, 2.75) is 25.7 Å². The molecule has 4 aliphatic carbocycles. The van der Waals surface area contributed by atoms with Gasteiger partial charge in [0.1, 0.15) is 0 Å². The van der Waals surface area contributed by atoms with E-state index < -0.39 is 0 Å². The van der Waals surface area contributed by atoms with Crippen LogP contribution in [0.4, 0.5) is 0 Å². The van der Waals surface area contributed by atoms with Gasteiger partial charge >= 0.3 is 0 Å². The van der Waals surface area contributed by atoms with E-state index in [0.29, 0.717) is 12.3 Å². The molecule has 0 fully saturated rings. The highest BCUT2D eigenvalue weighted by Crippen LogP contribution is 2.59. The molecule has 0 amide bonds. The van der Waals surface area contributed by atoms with Crippen LogP contribution in [0, 0.1) is 5.92 Å². The maximum atomic E-state index is 13.4. The van der Waals surface area contributed by atoms with E-state index >= 15 is 0 Å². The van der Waals surface area contributed by atoms with Gasteiger partial charge in [0.05, 0.1) is 0 Å². The maximum absolute atomic E-state index is 13.4. The molecule has 158 valence electrons. The summed E-state index contributed by atoms with van der Waals surface area (Å²) in [5.41, 5.74) is 14.1. The summed E-state index contributed by atoms with van der Waals surface area (Å²) in [6, 6.07) is 25.7. The number of allylic oxidation sites excluding steroid dienone is 8. The SMILES string of the molecule is O=C1Cc2ccccc2C2=C(C3=C2c2ccccc2CCC2=CC=CCC23)c2ccccc21. The second-order valence-electron chi connectivity index (χ2n) is 9.46. The third kappa shape index (κ3) is 2.69. The van der Waals surface area contributed by atoms with Crippen LogP contribution in [0.2, 0.25) is 0 Å². The van der Waals surface area contributed by atoms with Gasteiger partial charge in [-0.2, -0.15) is 0 Å². The minimum Gasteiger partial charge on any atom is -0.294 e. The van der Waals surface area contributed by atoms with Gasteiger partial charge in [-0.25, -0.2) is 0 Å². The first kappa shape index (κ1) is 18.8. The molecule has 0 N–H and O–H groups in total. The highest BCUT2D eigenvalue weighted by Gasteiger charge is 2.41. The van der Waals surface area contributed by atoms with Crippen LogP contribution in [0.15, 0.2) is 102 Å². The minimum absolute atomic E-state index is 0.212. The average molecular weight is 425 g/mol. The van der Waals surface area contributed by atoms with Gasteiger partial charge in [0.15, 0.2) is 5.78 Å². The molecule has 0 aliphatic heterocycles. The van der Waals surface area contributed by atoms with E-state index in [0.717, 1.165) is 36.0 Å². The number of carbonyl (C=O) groups excluding carboxylic acids is 1. The van der Waals surface area contributed by atoms with Crippen LogP contribution < -0.4 is 0 Å². The topological polar surface area (TPSA) is 17.1 Å². The number of hydrogen-bond acceptors (Lipinski definition) is 1. The van der Waals surface area contributed by atoms with Gasteiger partial charge in [-0.15, -0.1) is 0 Å². The van der Waals surface area contributed by atoms with Crippen molar-refractivity contribution in [2.75, 3.05) is 0 Å². The lowest BCUT2D eigenvalue weighted by molar-refractivity contribution is 0.0992. The van der Waals surface area contributed by atoms with E-state index in [2.05, 4.69) is 78.9 Å². The fourth-order valence-corrected chi connectivity index (χ4v) is 6.26. The van der Waals surface area contributed by atoms with E-state index in [1.165, 1.54) is 44.6 Å². The van der Waals surface area contributed by atoms with Gasteiger partial charge in [-0.1, -0.05) is 96.6 Å². The van der Waals surface area contributed by atoms with Crippen LogP contribution in [-0.2, 0) is 12.8 Å². The fourth-order valence-electron chi connectivity index (χ4n) is 6.26. The molecule has 0 heterocycles. The van der Waals surface area contributed by atoms with Crippen molar-refractivity contribution in [3.8, 4) is 0 Å². The van der Waals surface area contributed by atoms with E-state index in [9.17, 15) is 4.79 Å². The Balaban J connectivity index is 1.59.